The Morgan fingerprint density at radius 1 is 1.15 bits per heavy atom. The molecule has 0 bridgehead atoms. The number of aryl methyl sites for hydroxylation is 1. The highest BCUT2D eigenvalue weighted by Crippen LogP contribution is 2.43. The van der Waals surface area contributed by atoms with Crippen molar-refractivity contribution in [2.24, 2.45) is 0 Å². The van der Waals surface area contributed by atoms with E-state index in [1.165, 1.54) is 0 Å². The van der Waals surface area contributed by atoms with Crippen LogP contribution >= 0.6 is 62.1 Å². The largest absolute Gasteiger partial charge is 0.461 e. The number of ether oxygens (including phenoxy) is 1. The Labute approximate surface area is 234 Å². The fraction of sp³-hybridized carbons (Fsp3) is 0.750. The van der Waals surface area contributed by atoms with Gasteiger partial charge in [0.1, 0.15) is 6.61 Å². The van der Waals surface area contributed by atoms with Crippen molar-refractivity contribution in [3.63, 3.8) is 0 Å². The highest BCUT2D eigenvalue weighted by Gasteiger charge is 2.46. The summed E-state index contributed by atoms with van der Waals surface area (Å²) >= 11 is 22.1. The van der Waals surface area contributed by atoms with Gasteiger partial charge in [-0.05, 0) is 53.4 Å². The second-order valence-corrected chi connectivity index (χ2v) is 19.8. The molecule has 1 aromatic heterocycles. The molecule has 10 heteroatoms. The van der Waals surface area contributed by atoms with Crippen LogP contribution in [-0.4, -0.2) is 35.8 Å². The number of rotatable bonds is 14. The lowest BCUT2D eigenvalue weighted by atomic mass is 10.1. The molecule has 4 nitrogen and oxygen atoms in total. The monoisotopic (exact) mass is 633 g/mol. The van der Waals surface area contributed by atoms with Gasteiger partial charge in [0.05, 0.1) is 16.8 Å². The number of allylic oxidation sites excluding steroid dienone is 1. The van der Waals surface area contributed by atoms with Crippen molar-refractivity contribution in [2.45, 2.75) is 107 Å². The Hall–Kier alpha value is 0.367. The molecular formula is C24H39BrCl3NO3SSi. The molecular weight excluding hydrogens is 597 g/mol. The van der Waals surface area contributed by atoms with E-state index in [2.05, 4.69) is 68.9 Å². The average Bonchev–Trinajstić information content (AvgIpc) is 3.13. The van der Waals surface area contributed by atoms with Crippen LogP contribution in [-0.2, 0) is 26.8 Å². The van der Waals surface area contributed by atoms with Crippen molar-refractivity contribution >= 4 is 76.4 Å². The average molecular weight is 636 g/mol. The van der Waals surface area contributed by atoms with E-state index in [0.29, 0.717) is 29.5 Å². The summed E-state index contributed by atoms with van der Waals surface area (Å²) in [5.74, 6) is -0.352. The van der Waals surface area contributed by atoms with E-state index in [1.807, 2.05) is 6.92 Å². The lowest BCUT2D eigenvalue weighted by molar-refractivity contribution is -0.143. The molecule has 0 aliphatic rings. The quantitative estimate of drug-likeness (QED) is 0.0885. The van der Waals surface area contributed by atoms with Gasteiger partial charge in [0, 0.05) is 18.2 Å². The summed E-state index contributed by atoms with van der Waals surface area (Å²) in [5.41, 5.74) is 2.61. The van der Waals surface area contributed by atoms with E-state index < -0.39 is 12.1 Å². The Bertz CT molecular complexity index is 771. The van der Waals surface area contributed by atoms with E-state index in [4.69, 9.17) is 48.9 Å². The van der Waals surface area contributed by atoms with Crippen LogP contribution in [0.4, 0.5) is 0 Å². The van der Waals surface area contributed by atoms with Gasteiger partial charge in [0.25, 0.3) is 0 Å². The summed E-state index contributed by atoms with van der Waals surface area (Å²) < 4.78 is 11.5. The van der Waals surface area contributed by atoms with Crippen LogP contribution < -0.4 is 0 Å². The number of hydrogen-bond acceptors (Lipinski definition) is 5. The topological polar surface area (TPSA) is 48.4 Å². The van der Waals surface area contributed by atoms with Crippen molar-refractivity contribution in [3.05, 3.63) is 26.6 Å². The second-order valence-electron chi connectivity index (χ2n) is 9.65. The van der Waals surface area contributed by atoms with Gasteiger partial charge in [-0.2, -0.15) is 0 Å². The van der Waals surface area contributed by atoms with Crippen LogP contribution in [0.2, 0.25) is 16.6 Å². The third-order valence-corrected chi connectivity index (χ3v) is 13.6. The molecule has 0 radical (unpaired) electrons. The molecule has 0 spiro atoms. The summed E-state index contributed by atoms with van der Waals surface area (Å²) in [6, 6.07) is 0. The van der Waals surface area contributed by atoms with Crippen LogP contribution in [0, 0.1) is 0 Å². The summed E-state index contributed by atoms with van der Waals surface area (Å²) in [6.45, 7) is 15.7. The molecule has 0 fully saturated rings. The molecule has 0 amide bonds. The molecule has 0 aromatic carbocycles. The lowest BCUT2D eigenvalue weighted by Crippen LogP contribution is -2.50. The normalized spacial score (nSPS) is 14.4. The summed E-state index contributed by atoms with van der Waals surface area (Å²) in [4.78, 5) is 16.6. The van der Waals surface area contributed by atoms with E-state index in [9.17, 15) is 4.79 Å². The fourth-order valence-corrected chi connectivity index (χ4v) is 11.4. The molecule has 1 rings (SSSR count). The van der Waals surface area contributed by atoms with Crippen molar-refractivity contribution in [1.82, 2.24) is 4.98 Å². The van der Waals surface area contributed by atoms with Gasteiger partial charge in [-0.25, -0.2) is 4.98 Å². The minimum absolute atomic E-state index is 0.00932. The molecule has 0 aliphatic heterocycles. The van der Waals surface area contributed by atoms with Crippen LogP contribution in [0.1, 0.15) is 78.4 Å². The minimum atomic E-state index is -2.02. The van der Waals surface area contributed by atoms with Gasteiger partial charge < -0.3 is 9.16 Å². The third kappa shape index (κ3) is 11.2. The molecule has 0 N–H and O–H groups in total. The van der Waals surface area contributed by atoms with E-state index in [1.54, 1.807) is 11.3 Å². The maximum Gasteiger partial charge on any atom is 0.305 e. The van der Waals surface area contributed by atoms with Crippen molar-refractivity contribution < 1.29 is 14.0 Å². The van der Waals surface area contributed by atoms with Crippen LogP contribution in [0.3, 0.4) is 0 Å². The van der Waals surface area contributed by atoms with Crippen molar-refractivity contribution in [2.75, 3.05) is 6.61 Å². The zero-order chi connectivity index (χ0) is 26.1. The highest BCUT2D eigenvalue weighted by atomic mass is 79.9. The summed E-state index contributed by atoms with van der Waals surface area (Å²) in [5, 5.41) is 3.18. The molecule has 0 saturated carbocycles. The molecule has 0 saturated heterocycles. The van der Waals surface area contributed by atoms with Crippen molar-refractivity contribution in [1.29, 1.82) is 0 Å². The van der Waals surface area contributed by atoms with E-state index in [0.717, 1.165) is 34.4 Å². The number of carbonyl (C=O) groups excluding carboxylic acids is 1. The van der Waals surface area contributed by atoms with Gasteiger partial charge in [-0.15, -0.1) is 11.3 Å². The lowest BCUT2D eigenvalue weighted by Gasteiger charge is -2.44. The predicted molar refractivity (Wildman–Crippen MR) is 153 cm³/mol. The number of hydrogen-bond donors (Lipinski definition) is 0. The first-order valence-electron chi connectivity index (χ1n) is 11.8. The van der Waals surface area contributed by atoms with Crippen LogP contribution in [0.25, 0.3) is 0 Å². The first-order valence-corrected chi connectivity index (χ1v) is 16.8. The number of nitrogens with zero attached hydrogens (tertiary/aromatic N) is 1. The fourth-order valence-electron chi connectivity index (χ4n) is 4.60. The van der Waals surface area contributed by atoms with Gasteiger partial charge in [-0.1, -0.05) is 92.3 Å². The summed E-state index contributed by atoms with van der Waals surface area (Å²) in [7, 11) is -2.02. The Morgan fingerprint density at radius 2 is 1.74 bits per heavy atom. The van der Waals surface area contributed by atoms with E-state index in [-0.39, 0.29) is 18.7 Å². The van der Waals surface area contributed by atoms with Gasteiger partial charge in [-0.3, -0.25) is 4.79 Å². The Balaban J connectivity index is 2.73. The Morgan fingerprint density at radius 3 is 2.24 bits per heavy atom. The zero-order valence-corrected chi connectivity index (χ0v) is 27.0. The molecule has 1 heterocycles. The number of alkyl halides is 3. The maximum absolute atomic E-state index is 11.7. The minimum Gasteiger partial charge on any atom is -0.461 e. The number of carbonyl (C=O) groups is 1. The first kappa shape index (κ1) is 32.4. The van der Waals surface area contributed by atoms with Crippen LogP contribution in [0.15, 0.2) is 15.9 Å². The number of unbranched alkanes of at least 4 members (excludes halogenated alkanes) is 1. The van der Waals surface area contributed by atoms with Crippen molar-refractivity contribution in [3.8, 4) is 0 Å². The number of thiazole rings is 1. The molecule has 0 aliphatic carbocycles. The second kappa shape index (κ2) is 14.9. The molecule has 1 unspecified atom stereocenters. The highest BCUT2D eigenvalue weighted by molar-refractivity contribution is 9.11. The van der Waals surface area contributed by atoms with E-state index >= 15 is 0 Å². The Kier molecular flexibility index (Phi) is 14.2. The third-order valence-electron chi connectivity index (χ3n) is 5.91. The number of esters is 1. The summed E-state index contributed by atoms with van der Waals surface area (Å²) in [6.07, 6.45) is 5.59. The smallest absolute Gasteiger partial charge is 0.305 e. The van der Waals surface area contributed by atoms with Gasteiger partial charge in [0.2, 0.25) is 12.1 Å². The number of halogens is 4. The number of aromatic nitrogens is 1. The van der Waals surface area contributed by atoms with Gasteiger partial charge in [0.15, 0.2) is 0 Å². The van der Waals surface area contributed by atoms with Gasteiger partial charge >= 0.3 is 5.97 Å². The zero-order valence-electron chi connectivity index (χ0n) is 21.3. The molecule has 1 atom stereocenters. The SMILES string of the molecule is C/C(Br)=C\C(Cc1nc(CCCCC(=O)OCC(Cl)(Cl)Cl)cs1)O[Si](C(C)C)(C(C)C)C(C)C. The molecule has 34 heavy (non-hydrogen) atoms. The standard InChI is InChI=1S/C24H39BrCl3NO3SSi/c1-16(2)34(17(3)4,18(5)6)32-21(12-19(7)25)13-22-29-20(14-33-22)10-8-9-11-23(30)31-15-24(26,27)28/h12,14,16-18,21H,8-11,13,15H2,1-7H3/b19-12+. The predicted octanol–water partition coefficient (Wildman–Crippen LogP) is 9.17. The maximum atomic E-state index is 11.7. The molecule has 196 valence electrons. The van der Waals surface area contributed by atoms with Crippen LogP contribution in [0.5, 0.6) is 0 Å². The molecule has 1 aromatic rings. The first-order chi connectivity index (χ1) is 15.7.